The first-order valence-electron chi connectivity index (χ1n) is 5.50. The first-order valence-corrected chi connectivity index (χ1v) is 7.09. The lowest BCUT2D eigenvalue weighted by atomic mass is 10.0. The highest BCUT2D eigenvalue weighted by Crippen LogP contribution is 2.34. The number of rotatable bonds is 3. The molecule has 0 atom stereocenters. The average Bonchev–Trinajstić information content (AvgIpc) is 2.34. The van der Waals surface area contributed by atoms with E-state index in [1.54, 1.807) is 6.20 Å². The molecule has 0 saturated carbocycles. The van der Waals surface area contributed by atoms with Gasteiger partial charge in [0.05, 0.1) is 4.47 Å². The summed E-state index contributed by atoms with van der Waals surface area (Å²) in [6.45, 7) is 4.26. The van der Waals surface area contributed by atoms with Crippen molar-refractivity contribution in [3.05, 3.63) is 45.2 Å². The molecule has 0 unspecified atom stereocenters. The van der Waals surface area contributed by atoms with Crippen LogP contribution in [0, 0.1) is 0 Å². The largest absolute Gasteiger partial charge is 0.437 e. The minimum atomic E-state index is 0.373. The second kappa shape index (κ2) is 5.80. The lowest BCUT2D eigenvalue weighted by Gasteiger charge is -2.14. The van der Waals surface area contributed by atoms with Crippen molar-refractivity contribution < 1.29 is 4.74 Å². The van der Waals surface area contributed by atoms with Crippen molar-refractivity contribution in [2.24, 2.45) is 0 Å². The molecule has 3 nitrogen and oxygen atoms in total. The van der Waals surface area contributed by atoms with E-state index in [-0.39, 0.29) is 0 Å². The third-order valence-electron chi connectivity index (χ3n) is 2.43. The van der Waals surface area contributed by atoms with E-state index in [0.717, 1.165) is 20.3 Å². The molecule has 0 bridgehead atoms. The van der Waals surface area contributed by atoms with Gasteiger partial charge in [-0.15, -0.1) is 0 Å². The van der Waals surface area contributed by atoms with E-state index in [9.17, 15) is 0 Å². The first kappa shape index (κ1) is 13.5. The maximum absolute atomic E-state index is 5.84. The van der Waals surface area contributed by atoms with Crippen molar-refractivity contribution in [2.45, 2.75) is 19.8 Å². The van der Waals surface area contributed by atoms with Gasteiger partial charge in [0, 0.05) is 10.7 Å². The zero-order chi connectivity index (χ0) is 13.1. The molecule has 0 aliphatic heterocycles. The molecule has 0 amide bonds. The maximum atomic E-state index is 5.84. The minimum absolute atomic E-state index is 0.373. The van der Waals surface area contributed by atoms with Crippen molar-refractivity contribution in [2.75, 3.05) is 0 Å². The molecule has 0 radical (unpaired) electrons. The monoisotopic (exact) mass is 370 g/mol. The average molecular weight is 372 g/mol. The molecule has 0 saturated heterocycles. The number of hydrogen-bond donors (Lipinski definition) is 0. The van der Waals surface area contributed by atoms with Gasteiger partial charge in [-0.3, -0.25) is 0 Å². The van der Waals surface area contributed by atoms with Crippen molar-refractivity contribution >= 4 is 31.9 Å². The minimum Gasteiger partial charge on any atom is -0.437 e. The van der Waals surface area contributed by atoms with Crippen LogP contribution in [0.5, 0.6) is 11.6 Å². The van der Waals surface area contributed by atoms with Crippen LogP contribution >= 0.6 is 31.9 Å². The maximum Gasteiger partial charge on any atom is 0.236 e. The Balaban J connectivity index is 2.37. The Morgan fingerprint density at radius 3 is 2.67 bits per heavy atom. The fraction of sp³-hybridized carbons (Fsp3) is 0.231. The number of hydrogen-bond acceptors (Lipinski definition) is 3. The van der Waals surface area contributed by atoms with Crippen LogP contribution in [0.15, 0.2) is 39.7 Å². The van der Waals surface area contributed by atoms with Crippen molar-refractivity contribution in [3.63, 3.8) is 0 Å². The molecule has 0 spiro atoms. The first-order chi connectivity index (χ1) is 8.58. The van der Waals surface area contributed by atoms with E-state index < -0.39 is 0 Å². The van der Waals surface area contributed by atoms with Gasteiger partial charge >= 0.3 is 0 Å². The lowest BCUT2D eigenvalue weighted by molar-refractivity contribution is 0.449. The number of halogens is 2. The van der Waals surface area contributed by atoms with Gasteiger partial charge in [0.1, 0.15) is 12.1 Å². The van der Waals surface area contributed by atoms with Gasteiger partial charge in [-0.05, 0) is 45.6 Å². The van der Waals surface area contributed by atoms with Crippen LogP contribution in [0.3, 0.4) is 0 Å². The third-order valence-corrected chi connectivity index (χ3v) is 3.47. The van der Waals surface area contributed by atoms with Gasteiger partial charge in [-0.2, -0.15) is 0 Å². The van der Waals surface area contributed by atoms with E-state index >= 15 is 0 Å². The van der Waals surface area contributed by atoms with Gasteiger partial charge in [0.15, 0.2) is 0 Å². The lowest BCUT2D eigenvalue weighted by Crippen LogP contribution is -1.96. The Bertz CT molecular complexity index is 558. The quantitative estimate of drug-likeness (QED) is 0.768. The predicted octanol–water partition coefficient (Wildman–Crippen LogP) is 4.92. The highest BCUT2D eigenvalue weighted by molar-refractivity contribution is 9.10. The molecule has 0 N–H and O–H groups in total. The number of aromatic nitrogens is 2. The highest BCUT2D eigenvalue weighted by Gasteiger charge is 2.11. The van der Waals surface area contributed by atoms with Crippen LogP contribution < -0.4 is 4.74 Å². The summed E-state index contributed by atoms with van der Waals surface area (Å²) in [5.74, 6) is 1.71. The van der Waals surface area contributed by atoms with Gasteiger partial charge in [0.25, 0.3) is 0 Å². The third kappa shape index (κ3) is 3.09. The summed E-state index contributed by atoms with van der Waals surface area (Å²) < 4.78 is 7.62. The molecule has 0 aliphatic carbocycles. The summed E-state index contributed by atoms with van der Waals surface area (Å²) >= 11 is 6.84. The highest BCUT2D eigenvalue weighted by atomic mass is 79.9. The van der Waals surface area contributed by atoms with Crippen LogP contribution in [0.2, 0.25) is 0 Å². The topological polar surface area (TPSA) is 35.0 Å². The summed E-state index contributed by atoms with van der Waals surface area (Å²) in [6.07, 6.45) is 3.13. The zero-order valence-electron chi connectivity index (χ0n) is 10.0. The summed E-state index contributed by atoms with van der Waals surface area (Å²) in [7, 11) is 0. The number of ether oxygens (including phenoxy) is 1. The summed E-state index contributed by atoms with van der Waals surface area (Å²) in [5, 5.41) is 0. The molecule has 1 aromatic carbocycles. The van der Waals surface area contributed by atoms with E-state index in [0.29, 0.717) is 11.8 Å². The Morgan fingerprint density at radius 1 is 1.22 bits per heavy atom. The van der Waals surface area contributed by atoms with Crippen LogP contribution in [0.25, 0.3) is 0 Å². The molecule has 0 aliphatic rings. The molecule has 94 valence electrons. The summed E-state index contributed by atoms with van der Waals surface area (Å²) in [6, 6.07) is 5.96. The molecule has 1 aromatic heterocycles. The molecular formula is C13H12Br2N2O. The van der Waals surface area contributed by atoms with E-state index in [2.05, 4.69) is 61.7 Å². The zero-order valence-corrected chi connectivity index (χ0v) is 13.2. The smallest absolute Gasteiger partial charge is 0.236 e. The van der Waals surface area contributed by atoms with Crippen LogP contribution in [0.4, 0.5) is 0 Å². The Kier molecular flexibility index (Phi) is 4.35. The standard InChI is InChI=1S/C13H12Br2N2O/c1-8(2)10-5-9(14)3-4-12(10)18-13-11(15)6-16-7-17-13/h3-8H,1-2H3. The van der Waals surface area contributed by atoms with Crippen molar-refractivity contribution in [1.29, 1.82) is 0 Å². The molecule has 2 rings (SSSR count). The van der Waals surface area contributed by atoms with Crippen LogP contribution in [-0.4, -0.2) is 9.97 Å². The SMILES string of the molecule is CC(C)c1cc(Br)ccc1Oc1ncncc1Br. The van der Waals surface area contributed by atoms with Crippen LogP contribution in [0.1, 0.15) is 25.3 Å². The Labute approximate surface area is 123 Å². The van der Waals surface area contributed by atoms with E-state index in [1.165, 1.54) is 6.33 Å². The molecule has 5 heteroatoms. The van der Waals surface area contributed by atoms with Gasteiger partial charge in [0.2, 0.25) is 5.88 Å². The van der Waals surface area contributed by atoms with Gasteiger partial charge in [-0.1, -0.05) is 29.8 Å². The fourth-order valence-electron chi connectivity index (χ4n) is 1.54. The Morgan fingerprint density at radius 2 is 2.00 bits per heavy atom. The fourth-order valence-corrected chi connectivity index (χ4v) is 2.22. The second-order valence-corrected chi connectivity index (χ2v) is 5.88. The van der Waals surface area contributed by atoms with E-state index in [1.807, 2.05) is 12.1 Å². The van der Waals surface area contributed by atoms with Gasteiger partial charge in [-0.25, -0.2) is 9.97 Å². The number of benzene rings is 1. The summed E-state index contributed by atoms with van der Waals surface area (Å²) in [4.78, 5) is 8.02. The summed E-state index contributed by atoms with van der Waals surface area (Å²) in [5.41, 5.74) is 1.13. The van der Waals surface area contributed by atoms with E-state index in [4.69, 9.17) is 4.74 Å². The van der Waals surface area contributed by atoms with Crippen molar-refractivity contribution in [3.8, 4) is 11.6 Å². The Hall–Kier alpha value is -0.940. The number of nitrogens with zero attached hydrogens (tertiary/aromatic N) is 2. The molecule has 0 fully saturated rings. The van der Waals surface area contributed by atoms with Gasteiger partial charge < -0.3 is 4.74 Å². The molecule has 18 heavy (non-hydrogen) atoms. The molecule has 1 heterocycles. The van der Waals surface area contributed by atoms with Crippen molar-refractivity contribution in [1.82, 2.24) is 9.97 Å². The van der Waals surface area contributed by atoms with Crippen LogP contribution in [-0.2, 0) is 0 Å². The molecular weight excluding hydrogens is 360 g/mol. The second-order valence-electron chi connectivity index (χ2n) is 4.11. The normalized spacial score (nSPS) is 10.7. The molecule has 2 aromatic rings. The predicted molar refractivity (Wildman–Crippen MR) is 78.0 cm³/mol.